The highest BCUT2D eigenvalue weighted by Gasteiger charge is 2.66. The topological polar surface area (TPSA) is 35.2 Å². The van der Waals surface area contributed by atoms with Gasteiger partial charge in [-0.3, -0.25) is 0 Å². The van der Waals surface area contributed by atoms with E-state index in [1.54, 1.807) is 5.57 Å². The van der Waals surface area contributed by atoms with Gasteiger partial charge in [-0.1, -0.05) is 32.1 Å². The lowest BCUT2D eigenvalue weighted by Gasteiger charge is -2.37. The smallest absolute Gasteiger partial charge is 0.108 e. The molecule has 0 amide bonds. The van der Waals surface area contributed by atoms with Crippen molar-refractivity contribution in [2.75, 3.05) is 0 Å². The third kappa shape index (κ3) is 1.50. The van der Waals surface area contributed by atoms with Crippen molar-refractivity contribution >= 4 is 0 Å². The van der Waals surface area contributed by atoms with Crippen LogP contribution in [0.5, 0.6) is 0 Å². The number of allylic oxidation sites excluding steroid dienone is 1. The minimum absolute atomic E-state index is 0.210. The molecule has 4 aliphatic carbocycles. The summed E-state index contributed by atoms with van der Waals surface area (Å²) in [4.78, 5) is 0. The average Bonchev–Trinajstić information content (AvgIpc) is 2.75. The molecule has 7 atom stereocenters. The van der Waals surface area contributed by atoms with E-state index in [0.29, 0.717) is 11.5 Å². The van der Waals surface area contributed by atoms with E-state index in [4.69, 9.17) is 10.5 Å². The van der Waals surface area contributed by atoms with Gasteiger partial charge in [0.2, 0.25) is 0 Å². The molecule has 5 aliphatic rings. The van der Waals surface area contributed by atoms with Crippen molar-refractivity contribution in [1.29, 1.82) is 0 Å². The van der Waals surface area contributed by atoms with Crippen LogP contribution < -0.4 is 5.73 Å². The predicted octanol–water partition coefficient (Wildman–Crippen LogP) is 4.03. The van der Waals surface area contributed by atoms with Crippen LogP contribution >= 0.6 is 0 Å². The zero-order chi connectivity index (χ0) is 15.3. The molecule has 1 aliphatic heterocycles. The normalized spacial score (nSPS) is 54.3. The monoisotopic (exact) mass is 299 g/mol. The molecule has 2 N–H and O–H groups in total. The highest BCUT2D eigenvalue weighted by atomic mass is 16.5. The molecule has 0 aromatic rings. The first-order chi connectivity index (χ1) is 10.4. The molecule has 22 heavy (non-hydrogen) atoms. The summed E-state index contributed by atoms with van der Waals surface area (Å²) in [6, 6.07) is 0.232. The first-order valence-electron chi connectivity index (χ1n) is 9.26. The van der Waals surface area contributed by atoms with E-state index >= 15 is 0 Å². The fourth-order valence-electron chi connectivity index (χ4n) is 7.26. The Bertz CT molecular complexity index is 576. The van der Waals surface area contributed by atoms with Gasteiger partial charge in [0.05, 0.1) is 5.76 Å². The van der Waals surface area contributed by atoms with Gasteiger partial charge in [-0.2, -0.15) is 0 Å². The van der Waals surface area contributed by atoms with Gasteiger partial charge in [-0.15, -0.1) is 0 Å². The molecule has 2 nitrogen and oxygen atoms in total. The minimum Gasteiger partial charge on any atom is -0.494 e. The SMILES string of the molecule is C=C1CC23C[C@@H](N)C=C2C2CCC4C(C2CCC3O1)C4(C)C. The van der Waals surface area contributed by atoms with E-state index in [-0.39, 0.29) is 11.5 Å². The number of nitrogens with two attached hydrogens (primary N) is 1. The van der Waals surface area contributed by atoms with Crippen LogP contribution in [0.15, 0.2) is 24.0 Å². The Balaban J connectivity index is 1.57. The van der Waals surface area contributed by atoms with Gasteiger partial charge < -0.3 is 10.5 Å². The third-order valence-corrected chi connectivity index (χ3v) is 8.07. The average molecular weight is 299 g/mol. The lowest BCUT2D eigenvalue weighted by atomic mass is 9.66. The molecule has 1 heterocycles. The van der Waals surface area contributed by atoms with E-state index in [1.165, 1.54) is 25.7 Å². The van der Waals surface area contributed by atoms with Crippen LogP contribution in [0.4, 0.5) is 0 Å². The van der Waals surface area contributed by atoms with Gasteiger partial charge in [0, 0.05) is 17.9 Å². The molecule has 5 rings (SSSR count). The maximum atomic E-state index is 6.40. The van der Waals surface area contributed by atoms with Crippen molar-refractivity contribution in [2.24, 2.45) is 40.2 Å². The first-order valence-corrected chi connectivity index (χ1v) is 9.26. The summed E-state index contributed by atoms with van der Waals surface area (Å²) in [5.41, 5.74) is 8.88. The van der Waals surface area contributed by atoms with E-state index in [2.05, 4.69) is 26.5 Å². The molecule has 4 fully saturated rings. The largest absolute Gasteiger partial charge is 0.494 e. The Kier molecular flexibility index (Phi) is 2.49. The lowest BCUT2D eigenvalue weighted by Crippen LogP contribution is -2.34. The quantitative estimate of drug-likeness (QED) is 0.686. The standard InChI is InChI=1S/C20H29NO/c1-11-9-20-10-12(21)8-16(20)13-4-6-15-18(19(15,2)3)14(13)5-7-17(20)22-11/h8,12-15,17-18H,1,4-7,9-10,21H2,2-3H3/t12-,13?,14?,15?,17?,18?,20?/m0/s1. The van der Waals surface area contributed by atoms with Crippen molar-refractivity contribution in [3.8, 4) is 0 Å². The van der Waals surface area contributed by atoms with Gasteiger partial charge >= 0.3 is 0 Å². The van der Waals surface area contributed by atoms with E-state index in [0.717, 1.165) is 42.3 Å². The van der Waals surface area contributed by atoms with Crippen LogP contribution in [0.2, 0.25) is 0 Å². The molecule has 2 heteroatoms. The molecule has 3 saturated carbocycles. The fraction of sp³-hybridized carbons (Fsp3) is 0.800. The van der Waals surface area contributed by atoms with Crippen LogP contribution in [0.3, 0.4) is 0 Å². The van der Waals surface area contributed by atoms with Crippen molar-refractivity contribution in [1.82, 2.24) is 0 Å². The molecule has 0 aromatic heterocycles. The number of fused-ring (bicyclic) bond motifs is 4. The molecular formula is C20H29NO. The summed E-state index contributed by atoms with van der Waals surface area (Å²) in [7, 11) is 0. The molecule has 0 bridgehead atoms. The Morgan fingerprint density at radius 1 is 1.23 bits per heavy atom. The van der Waals surface area contributed by atoms with Crippen LogP contribution in [0.1, 0.15) is 52.4 Å². The zero-order valence-electron chi connectivity index (χ0n) is 14.0. The van der Waals surface area contributed by atoms with Crippen LogP contribution in [0, 0.1) is 34.5 Å². The predicted molar refractivity (Wildman–Crippen MR) is 87.9 cm³/mol. The molecule has 6 unspecified atom stereocenters. The van der Waals surface area contributed by atoms with Crippen molar-refractivity contribution < 1.29 is 4.74 Å². The Labute approximate surface area is 134 Å². The fourth-order valence-corrected chi connectivity index (χ4v) is 7.26. The first kappa shape index (κ1) is 13.7. The molecular weight excluding hydrogens is 270 g/mol. The number of hydrogen-bond donors (Lipinski definition) is 1. The summed E-state index contributed by atoms with van der Waals surface area (Å²) < 4.78 is 6.21. The Morgan fingerprint density at radius 3 is 2.86 bits per heavy atom. The number of hydrogen-bond acceptors (Lipinski definition) is 2. The summed E-state index contributed by atoms with van der Waals surface area (Å²) in [5, 5.41) is 0. The Morgan fingerprint density at radius 2 is 2.05 bits per heavy atom. The van der Waals surface area contributed by atoms with Gasteiger partial charge in [0.15, 0.2) is 0 Å². The second-order valence-electron chi connectivity index (χ2n) is 9.35. The van der Waals surface area contributed by atoms with Crippen molar-refractivity contribution in [2.45, 2.75) is 64.5 Å². The lowest BCUT2D eigenvalue weighted by molar-refractivity contribution is 0.0839. The highest BCUT2D eigenvalue weighted by Crippen LogP contribution is 2.72. The van der Waals surface area contributed by atoms with Gasteiger partial charge in [-0.25, -0.2) is 0 Å². The molecule has 0 radical (unpaired) electrons. The van der Waals surface area contributed by atoms with Crippen molar-refractivity contribution in [3.63, 3.8) is 0 Å². The van der Waals surface area contributed by atoms with Gasteiger partial charge in [-0.05, 0) is 61.2 Å². The van der Waals surface area contributed by atoms with Crippen LogP contribution in [0.25, 0.3) is 0 Å². The molecule has 0 aromatic carbocycles. The molecule has 120 valence electrons. The molecule has 1 spiro atoms. The van der Waals surface area contributed by atoms with Crippen molar-refractivity contribution in [3.05, 3.63) is 24.0 Å². The maximum absolute atomic E-state index is 6.40. The van der Waals surface area contributed by atoms with E-state index < -0.39 is 0 Å². The second kappa shape index (κ2) is 4.01. The Hall–Kier alpha value is -0.760. The zero-order valence-corrected chi connectivity index (χ0v) is 14.0. The summed E-state index contributed by atoms with van der Waals surface area (Å²) in [5.74, 6) is 4.59. The van der Waals surface area contributed by atoms with Crippen LogP contribution in [-0.2, 0) is 4.74 Å². The number of rotatable bonds is 0. The third-order valence-electron chi connectivity index (χ3n) is 8.07. The van der Waals surface area contributed by atoms with Crippen LogP contribution in [-0.4, -0.2) is 12.1 Å². The van der Waals surface area contributed by atoms with Gasteiger partial charge in [0.25, 0.3) is 0 Å². The summed E-state index contributed by atoms with van der Waals surface area (Å²) >= 11 is 0. The summed E-state index contributed by atoms with van der Waals surface area (Å²) in [6.45, 7) is 9.15. The number of ether oxygens (including phenoxy) is 1. The van der Waals surface area contributed by atoms with E-state index in [9.17, 15) is 0 Å². The van der Waals surface area contributed by atoms with Gasteiger partial charge in [0.1, 0.15) is 6.10 Å². The minimum atomic E-state index is 0.210. The molecule has 1 saturated heterocycles. The maximum Gasteiger partial charge on any atom is 0.108 e. The second-order valence-corrected chi connectivity index (χ2v) is 9.35. The van der Waals surface area contributed by atoms with E-state index in [1.807, 2.05) is 0 Å². The highest BCUT2D eigenvalue weighted by molar-refractivity contribution is 5.36. The summed E-state index contributed by atoms with van der Waals surface area (Å²) in [6.07, 6.45) is 10.3.